The zero-order valence-electron chi connectivity index (χ0n) is 30.6. The van der Waals surface area contributed by atoms with Crippen LogP contribution in [0, 0.1) is 0 Å². The van der Waals surface area contributed by atoms with Gasteiger partial charge in [-0.1, -0.05) is 37.8 Å². The monoisotopic (exact) mass is 750 g/mol. The highest BCUT2D eigenvalue weighted by Gasteiger charge is 2.49. The smallest absolute Gasteiger partial charge is 0.376 e. The topological polar surface area (TPSA) is 112 Å². The van der Waals surface area contributed by atoms with Gasteiger partial charge in [-0.15, -0.1) is 0 Å². The van der Waals surface area contributed by atoms with E-state index in [0.29, 0.717) is 34.3 Å². The minimum Gasteiger partial charge on any atom is -0.376 e. The maximum absolute atomic E-state index is 13.9. The second-order valence-electron chi connectivity index (χ2n) is 15.9. The summed E-state index contributed by atoms with van der Waals surface area (Å²) in [5, 5.41) is 0. The van der Waals surface area contributed by atoms with Crippen LogP contribution in [0.4, 0.5) is 13.2 Å². The Bertz CT molecular complexity index is 1750. The molecule has 5 rings (SSSR count). The van der Waals surface area contributed by atoms with E-state index in [0.717, 1.165) is 32.7 Å². The first-order chi connectivity index (χ1) is 23.7. The van der Waals surface area contributed by atoms with Crippen molar-refractivity contribution >= 4 is 41.9 Å². The Labute approximate surface area is 301 Å². The lowest BCUT2D eigenvalue weighted by Crippen LogP contribution is -2.45. The Kier molecular flexibility index (Phi) is 11.4. The van der Waals surface area contributed by atoms with E-state index >= 15 is 0 Å². The van der Waals surface area contributed by atoms with Crippen LogP contribution >= 0.6 is 0 Å². The molecule has 2 heterocycles. The summed E-state index contributed by atoms with van der Waals surface area (Å²) in [7, 11) is -3.15. The third kappa shape index (κ3) is 9.17. The minimum atomic E-state index is -4.66. The molecule has 1 aliphatic heterocycles. The molecule has 2 aliphatic rings. The van der Waals surface area contributed by atoms with Crippen LogP contribution in [0.1, 0.15) is 91.6 Å². The number of benzene rings is 2. The van der Waals surface area contributed by atoms with Crippen molar-refractivity contribution < 1.29 is 41.2 Å². The molecule has 0 saturated heterocycles. The molecular formula is C36H49F3N4O6SSi. The number of rotatable bonds is 16. The normalized spacial score (nSPS) is 17.7. The number of carbonyl (C=O) groups is 2. The van der Waals surface area contributed by atoms with Gasteiger partial charge in [-0.05, 0) is 83.3 Å². The highest BCUT2D eigenvalue weighted by molar-refractivity contribution is 7.84. The molecule has 15 heteroatoms. The quantitative estimate of drug-likeness (QED) is 0.0929. The number of alkyl halides is 3. The number of imide groups is 1. The summed E-state index contributed by atoms with van der Waals surface area (Å²) in [4.78, 5) is 33.3. The molecule has 3 atom stereocenters. The Morgan fingerprint density at radius 1 is 0.980 bits per heavy atom. The average molecular weight is 751 g/mol. The SMILES string of the molecule is CC(C)(C)S(=O)N[C@@H](COC(C)(C)C(F)(F)F)c1nc2cc([C@@H](COC3CC3)N3C(=O)c4ccccc4C3=O)ccc2n1COCC[Si](C)(C)C. The highest BCUT2D eigenvalue weighted by Crippen LogP contribution is 2.37. The number of nitrogens with one attached hydrogen (secondary N) is 1. The maximum Gasteiger partial charge on any atom is 0.416 e. The van der Waals surface area contributed by atoms with Crippen molar-refractivity contribution in [3.05, 3.63) is 65.0 Å². The molecule has 0 bridgehead atoms. The molecule has 3 aromatic rings. The van der Waals surface area contributed by atoms with Gasteiger partial charge < -0.3 is 18.8 Å². The first-order valence-electron chi connectivity index (χ1n) is 17.2. The number of nitrogens with zero attached hydrogens (tertiary/aromatic N) is 3. The zero-order chi connectivity index (χ0) is 37.5. The zero-order valence-corrected chi connectivity index (χ0v) is 32.4. The van der Waals surface area contributed by atoms with Gasteiger partial charge in [-0.2, -0.15) is 13.2 Å². The average Bonchev–Trinajstić information content (AvgIpc) is 3.74. The number of hydrogen-bond acceptors (Lipinski definition) is 7. The van der Waals surface area contributed by atoms with Gasteiger partial charge in [0.25, 0.3) is 11.8 Å². The standard InChI is InChI=1S/C36H49F3N4O6SSi/c1-34(2,3)50(46)41-28(20-49-35(4,5)36(37,38)39)31-40-27-19-23(13-16-29(27)42(31)22-47-17-18-51(6,7)8)30(21-48-24-14-15-24)43-32(44)25-11-9-10-12-26(25)33(43)45/h9-13,16,19,24,28,30,41H,14-15,17-18,20-22H2,1-8H3/t28-,30+,50?/m0/s1. The van der Waals surface area contributed by atoms with E-state index in [1.54, 1.807) is 67.8 Å². The molecule has 1 unspecified atom stereocenters. The third-order valence-corrected chi connectivity index (χ3v) is 12.3. The first-order valence-corrected chi connectivity index (χ1v) is 22.1. The number of carbonyl (C=O) groups excluding carboxylic acids is 2. The maximum atomic E-state index is 13.9. The Morgan fingerprint density at radius 2 is 1.61 bits per heavy atom. The van der Waals surface area contributed by atoms with E-state index in [1.807, 2.05) is 0 Å². The van der Waals surface area contributed by atoms with E-state index in [-0.39, 0.29) is 25.3 Å². The number of aromatic nitrogens is 2. The van der Waals surface area contributed by atoms with Gasteiger partial charge in [0.15, 0.2) is 5.60 Å². The number of hydrogen-bond donors (Lipinski definition) is 1. The number of imidazole rings is 1. The van der Waals surface area contributed by atoms with Crippen molar-refractivity contribution in [2.24, 2.45) is 0 Å². The van der Waals surface area contributed by atoms with Crippen LogP contribution in [0.15, 0.2) is 42.5 Å². The molecule has 0 spiro atoms. The van der Waals surface area contributed by atoms with Crippen LogP contribution in [0.25, 0.3) is 11.0 Å². The molecule has 1 aromatic heterocycles. The molecule has 10 nitrogen and oxygen atoms in total. The fraction of sp³-hybridized carbons (Fsp3) is 0.583. The van der Waals surface area contributed by atoms with Crippen molar-refractivity contribution in [3.63, 3.8) is 0 Å². The van der Waals surface area contributed by atoms with Gasteiger partial charge in [0.1, 0.15) is 18.6 Å². The van der Waals surface area contributed by atoms with Gasteiger partial charge in [-0.25, -0.2) is 13.9 Å². The van der Waals surface area contributed by atoms with Crippen molar-refractivity contribution in [3.8, 4) is 0 Å². The van der Waals surface area contributed by atoms with E-state index in [1.165, 1.54) is 4.90 Å². The molecule has 2 amide bonds. The second-order valence-corrected chi connectivity index (χ2v) is 23.6. The molecule has 1 aliphatic carbocycles. The van der Waals surface area contributed by atoms with Crippen LogP contribution in [0.2, 0.25) is 25.7 Å². The van der Waals surface area contributed by atoms with E-state index in [4.69, 9.17) is 19.2 Å². The van der Waals surface area contributed by atoms with E-state index in [9.17, 15) is 27.0 Å². The minimum absolute atomic E-state index is 0.0330. The lowest BCUT2D eigenvalue weighted by Gasteiger charge is -2.31. The molecular weight excluding hydrogens is 702 g/mol. The fourth-order valence-electron chi connectivity index (χ4n) is 5.42. The van der Waals surface area contributed by atoms with Gasteiger partial charge >= 0.3 is 6.18 Å². The van der Waals surface area contributed by atoms with Crippen LogP contribution in [-0.2, 0) is 31.9 Å². The summed E-state index contributed by atoms with van der Waals surface area (Å²) < 4.78 is 76.8. The fourth-order valence-corrected chi connectivity index (χ4v) is 6.96. The van der Waals surface area contributed by atoms with Crippen LogP contribution < -0.4 is 4.72 Å². The Hall–Kier alpha value is -2.95. The third-order valence-electron chi connectivity index (χ3n) is 8.97. The van der Waals surface area contributed by atoms with Gasteiger partial charge in [0, 0.05) is 14.7 Å². The van der Waals surface area contributed by atoms with Crippen molar-refractivity contribution in [1.82, 2.24) is 19.2 Å². The molecule has 1 saturated carbocycles. The van der Waals surface area contributed by atoms with Crippen molar-refractivity contribution in [1.29, 1.82) is 0 Å². The first kappa shape index (κ1) is 39.3. The molecule has 280 valence electrons. The predicted octanol–water partition coefficient (Wildman–Crippen LogP) is 7.32. The summed E-state index contributed by atoms with van der Waals surface area (Å²) in [5.41, 5.74) is -0.183. The van der Waals surface area contributed by atoms with E-state index in [2.05, 4.69) is 24.4 Å². The number of fused-ring (bicyclic) bond motifs is 2. The number of ether oxygens (including phenoxy) is 3. The summed E-state index contributed by atoms with van der Waals surface area (Å²) >= 11 is 0. The van der Waals surface area contributed by atoms with Crippen LogP contribution in [-0.4, -0.2) is 81.0 Å². The lowest BCUT2D eigenvalue weighted by molar-refractivity contribution is -0.265. The molecule has 1 fully saturated rings. The van der Waals surface area contributed by atoms with Gasteiger partial charge in [0.05, 0.1) is 63.3 Å². The second kappa shape index (κ2) is 14.8. The van der Waals surface area contributed by atoms with Crippen LogP contribution in [0.3, 0.4) is 0 Å². The Balaban J connectivity index is 1.57. The molecule has 0 radical (unpaired) electrons. The summed E-state index contributed by atoms with van der Waals surface area (Å²) in [5.74, 6) is -0.557. The van der Waals surface area contributed by atoms with Gasteiger partial charge in [-0.3, -0.25) is 14.5 Å². The summed E-state index contributed by atoms with van der Waals surface area (Å²) in [6.07, 6.45) is -2.80. The Morgan fingerprint density at radius 3 is 2.16 bits per heavy atom. The molecule has 51 heavy (non-hydrogen) atoms. The van der Waals surface area contributed by atoms with Crippen molar-refractivity contribution in [2.45, 2.75) is 115 Å². The number of halogens is 3. The van der Waals surface area contributed by atoms with Gasteiger partial charge in [0.2, 0.25) is 0 Å². The number of amides is 2. The van der Waals surface area contributed by atoms with Crippen molar-refractivity contribution in [2.75, 3.05) is 19.8 Å². The summed E-state index contributed by atoms with van der Waals surface area (Å²) in [6, 6.07) is 11.1. The van der Waals surface area contributed by atoms with Crippen LogP contribution in [0.5, 0.6) is 0 Å². The van der Waals surface area contributed by atoms with E-state index < -0.39 is 66.1 Å². The molecule has 1 N–H and O–H groups in total. The highest BCUT2D eigenvalue weighted by atomic mass is 32.2. The molecule has 2 aromatic carbocycles. The predicted molar refractivity (Wildman–Crippen MR) is 192 cm³/mol. The largest absolute Gasteiger partial charge is 0.416 e. The lowest BCUT2D eigenvalue weighted by atomic mass is 10.0. The summed E-state index contributed by atoms with van der Waals surface area (Å²) in [6.45, 7) is 14.0.